The standard InChI is InChI=1S/C14H14O/c1-11(12-5-3-2-4-6-12)13-7-9-14(15)10-8-13/h2-11,15H,1H3/t11-/m1/s1. The number of aromatic hydroxyl groups is 1. The molecule has 1 N–H and O–H groups in total. The number of hydrogen-bond acceptors (Lipinski definition) is 1. The fraction of sp³-hybridized carbons (Fsp3) is 0.143. The Bertz CT molecular complexity index is 417. The van der Waals surface area contributed by atoms with E-state index in [1.807, 2.05) is 30.3 Å². The van der Waals surface area contributed by atoms with E-state index in [2.05, 4.69) is 19.1 Å². The third-order valence-electron chi connectivity index (χ3n) is 2.69. The third kappa shape index (κ3) is 2.18. The average Bonchev–Trinajstić information content (AvgIpc) is 2.30. The zero-order chi connectivity index (χ0) is 10.7. The first-order chi connectivity index (χ1) is 7.27. The largest absolute Gasteiger partial charge is 0.508 e. The minimum Gasteiger partial charge on any atom is -0.508 e. The minimum absolute atomic E-state index is 0.319. The summed E-state index contributed by atoms with van der Waals surface area (Å²) in [4.78, 5) is 0. The summed E-state index contributed by atoms with van der Waals surface area (Å²) >= 11 is 0. The number of rotatable bonds is 2. The maximum absolute atomic E-state index is 9.21. The molecular formula is C14H14O. The molecule has 0 aliphatic heterocycles. The molecule has 2 aromatic rings. The molecule has 0 unspecified atom stereocenters. The highest BCUT2D eigenvalue weighted by atomic mass is 16.3. The highest BCUT2D eigenvalue weighted by molar-refractivity contribution is 5.34. The molecule has 0 radical (unpaired) electrons. The number of phenolic OH excluding ortho intramolecular Hbond substituents is 1. The second-order valence-corrected chi connectivity index (χ2v) is 3.72. The Morgan fingerprint density at radius 1 is 0.800 bits per heavy atom. The molecule has 0 bridgehead atoms. The monoisotopic (exact) mass is 198 g/mol. The Kier molecular flexibility index (Phi) is 2.72. The molecular weight excluding hydrogens is 184 g/mol. The fourth-order valence-electron chi connectivity index (χ4n) is 1.70. The summed E-state index contributed by atoms with van der Waals surface area (Å²) in [7, 11) is 0. The predicted octanol–water partition coefficient (Wildman–Crippen LogP) is 3.54. The first-order valence-electron chi connectivity index (χ1n) is 5.11. The van der Waals surface area contributed by atoms with Crippen molar-refractivity contribution >= 4 is 0 Å². The molecule has 0 fully saturated rings. The van der Waals surface area contributed by atoms with E-state index in [-0.39, 0.29) is 0 Å². The Labute approximate surface area is 90.0 Å². The van der Waals surface area contributed by atoms with Crippen LogP contribution in [-0.4, -0.2) is 5.11 Å². The molecule has 0 spiro atoms. The van der Waals surface area contributed by atoms with Gasteiger partial charge in [-0.3, -0.25) is 0 Å². The van der Waals surface area contributed by atoms with Gasteiger partial charge in [-0.2, -0.15) is 0 Å². The lowest BCUT2D eigenvalue weighted by atomic mass is 9.93. The van der Waals surface area contributed by atoms with Gasteiger partial charge in [0.1, 0.15) is 5.75 Å². The molecule has 76 valence electrons. The van der Waals surface area contributed by atoms with Crippen LogP contribution >= 0.6 is 0 Å². The molecule has 2 aromatic carbocycles. The lowest BCUT2D eigenvalue weighted by Crippen LogP contribution is -1.94. The van der Waals surface area contributed by atoms with Crippen LogP contribution in [0.3, 0.4) is 0 Å². The minimum atomic E-state index is 0.319. The second-order valence-electron chi connectivity index (χ2n) is 3.72. The quantitative estimate of drug-likeness (QED) is 0.782. The fourth-order valence-corrected chi connectivity index (χ4v) is 1.70. The summed E-state index contributed by atoms with van der Waals surface area (Å²) in [6, 6.07) is 17.8. The van der Waals surface area contributed by atoms with Crippen molar-refractivity contribution in [2.75, 3.05) is 0 Å². The van der Waals surface area contributed by atoms with Crippen molar-refractivity contribution in [2.24, 2.45) is 0 Å². The van der Waals surface area contributed by atoms with Crippen LogP contribution in [0.1, 0.15) is 24.0 Å². The molecule has 1 atom stereocenters. The highest BCUT2D eigenvalue weighted by Gasteiger charge is 2.06. The highest BCUT2D eigenvalue weighted by Crippen LogP contribution is 2.24. The summed E-state index contributed by atoms with van der Waals surface area (Å²) in [5.74, 6) is 0.686. The zero-order valence-corrected chi connectivity index (χ0v) is 8.72. The van der Waals surface area contributed by atoms with E-state index >= 15 is 0 Å². The summed E-state index contributed by atoms with van der Waals surface area (Å²) in [5, 5.41) is 9.21. The summed E-state index contributed by atoms with van der Waals surface area (Å²) in [5.41, 5.74) is 2.52. The van der Waals surface area contributed by atoms with E-state index < -0.39 is 0 Å². The first-order valence-corrected chi connectivity index (χ1v) is 5.11. The van der Waals surface area contributed by atoms with E-state index in [0.717, 1.165) is 0 Å². The first kappa shape index (κ1) is 9.78. The second kappa shape index (κ2) is 4.18. The van der Waals surface area contributed by atoms with Crippen molar-refractivity contribution in [2.45, 2.75) is 12.8 Å². The topological polar surface area (TPSA) is 20.2 Å². The van der Waals surface area contributed by atoms with E-state index in [9.17, 15) is 5.11 Å². The van der Waals surface area contributed by atoms with Crippen molar-refractivity contribution in [1.29, 1.82) is 0 Å². The van der Waals surface area contributed by atoms with Crippen LogP contribution in [0.25, 0.3) is 0 Å². The van der Waals surface area contributed by atoms with Crippen molar-refractivity contribution in [3.8, 4) is 5.75 Å². The van der Waals surface area contributed by atoms with Crippen LogP contribution in [0.5, 0.6) is 5.75 Å². The van der Waals surface area contributed by atoms with Gasteiger partial charge in [0.25, 0.3) is 0 Å². The van der Waals surface area contributed by atoms with E-state index in [1.54, 1.807) is 12.1 Å². The van der Waals surface area contributed by atoms with Gasteiger partial charge in [-0.25, -0.2) is 0 Å². The Morgan fingerprint density at radius 3 is 1.93 bits per heavy atom. The number of hydrogen-bond donors (Lipinski definition) is 1. The van der Waals surface area contributed by atoms with Gasteiger partial charge in [0.15, 0.2) is 0 Å². The Morgan fingerprint density at radius 2 is 1.33 bits per heavy atom. The molecule has 0 aliphatic rings. The molecule has 0 amide bonds. The smallest absolute Gasteiger partial charge is 0.115 e. The van der Waals surface area contributed by atoms with Crippen LogP contribution in [0.2, 0.25) is 0 Å². The molecule has 2 rings (SSSR count). The van der Waals surface area contributed by atoms with E-state index in [0.29, 0.717) is 11.7 Å². The molecule has 0 saturated heterocycles. The molecule has 1 heteroatoms. The zero-order valence-electron chi connectivity index (χ0n) is 8.72. The molecule has 0 saturated carbocycles. The van der Waals surface area contributed by atoms with E-state index in [4.69, 9.17) is 0 Å². The van der Waals surface area contributed by atoms with Crippen molar-refractivity contribution in [3.63, 3.8) is 0 Å². The van der Waals surface area contributed by atoms with Crippen molar-refractivity contribution in [1.82, 2.24) is 0 Å². The van der Waals surface area contributed by atoms with Crippen LogP contribution in [0.4, 0.5) is 0 Å². The van der Waals surface area contributed by atoms with Gasteiger partial charge in [-0.15, -0.1) is 0 Å². The van der Waals surface area contributed by atoms with Gasteiger partial charge in [0, 0.05) is 5.92 Å². The summed E-state index contributed by atoms with van der Waals surface area (Å²) in [6.45, 7) is 2.17. The lowest BCUT2D eigenvalue weighted by Gasteiger charge is -2.12. The van der Waals surface area contributed by atoms with Crippen LogP contribution in [0, 0.1) is 0 Å². The van der Waals surface area contributed by atoms with Crippen molar-refractivity contribution in [3.05, 3.63) is 65.7 Å². The van der Waals surface area contributed by atoms with Gasteiger partial charge >= 0.3 is 0 Å². The van der Waals surface area contributed by atoms with Gasteiger partial charge in [-0.05, 0) is 23.3 Å². The average molecular weight is 198 g/mol. The van der Waals surface area contributed by atoms with Crippen LogP contribution in [-0.2, 0) is 0 Å². The van der Waals surface area contributed by atoms with Crippen LogP contribution < -0.4 is 0 Å². The summed E-state index contributed by atoms with van der Waals surface area (Å²) < 4.78 is 0. The van der Waals surface area contributed by atoms with E-state index in [1.165, 1.54) is 11.1 Å². The molecule has 1 nitrogen and oxygen atoms in total. The Hall–Kier alpha value is -1.76. The third-order valence-corrected chi connectivity index (χ3v) is 2.69. The molecule has 15 heavy (non-hydrogen) atoms. The van der Waals surface area contributed by atoms with Gasteiger partial charge in [0.2, 0.25) is 0 Å². The normalized spacial score (nSPS) is 12.3. The van der Waals surface area contributed by atoms with Gasteiger partial charge in [-0.1, -0.05) is 49.4 Å². The molecule has 0 aliphatic carbocycles. The predicted molar refractivity (Wildman–Crippen MR) is 62.1 cm³/mol. The maximum Gasteiger partial charge on any atom is 0.115 e. The Balaban J connectivity index is 2.29. The summed E-state index contributed by atoms with van der Waals surface area (Å²) in [6.07, 6.45) is 0. The van der Waals surface area contributed by atoms with Gasteiger partial charge in [0.05, 0.1) is 0 Å². The van der Waals surface area contributed by atoms with Gasteiger partial charge < -0.3 is 5.11 Å². The van der Waals surface area contributed by atoms with Crippen molar-refractivity contribution < 1.29 is 5.11 Å². The SMILES string of the molecule is C[C@H](c1ccccc1)c1ccc(O)cc1. The van der Waals surface area contributed by atoms with Crippen LogP contribution in [0.15, 0.2) is 54.6 Å². The maximum atomic E-state index is 9.21. The molecule has 0 heterocycles. The number of phenols is 1. The lowest BCUT2D eigenvalue weighted by molar-refractivity contribution is 0.475. The number of benzene rings is 2. The molecule has 0 aromatic heterocycles.